The van der Waals surface area contributed by atoms with Crippen LogP contribution in [0.1, 0.15) is 60.8 Å². The van der Waals surface area contributed by atoms with Crippen molar-refractivity contribution in [3.63, 3.8) is 0 Å². The Kier molecular flexibility index (Phi) is 6.13. The van der Waals surface area contributed by atoms with Gasteiger partial charge in [0.1, 0.15) is 0 Å². The lowest BCUT2D eigenvalue weighted by Crippen LogP contribution is -2.64. The van der Waals surface area contributed by atoms with Gasteiger partial charge in [-0.1, -0.05) is 47.5 Å². The van der Waals surface area contributed by atoms with E-state index >= 15 is 0 Å². The maximum Gasteiger partial charge on any atom is 0.0304 e. The smallest absolute Gasteiger partial charge is 0.0304 e. The highest BCUT2D eigenvalue weighted by Crippen LogP contribution is 2.27. The molecular weight excluding hydrogens is 220 g/mol. The zero-order chi connectivity index (χ0) is 13.8. The highest BCUT2D eigenvalue weighted by molar-refractivity contribution is 4.96. The van der Waals surface area contributed by atoms with Gasteiger partial charge in [-0.05, 0) is 25.2 Å². The third-order valence-electron chi connectivity index (χ3n) is 5.25. The molecule has 0 radical (unpaired) electrons. The lowest BCUT2D eigenvalue weighted by Gasteiger charge is -2.50. The summed E-state index contributed by atoms with van der Waals surface area (Å²) in [6.45, 7) is 17.8. The Balaban J connectivity index is 2.70. The lowest BCUT2D eigenvalue weighted by molar-refractivity contribution is 0.0249. The number of hydrogen-bond donors (Lipinski definition) is 1. The van der Waals surface area contributed by atoms with E-state index in [-0.39, 0.29) is 0 Å². The first-order valence-electron chi connectivity index (χ1n) is 7.95. The minimum Gasteiger partial charge on any atom is -0.311 e. The van der Waals surface area contributed by atoms with Crippen LogP contribution in [0.25, 0.3) is 0 Å². The first-order chi connectivity index (χ1) is 8.46. The number of hydrogen-bond acceptors (Lipinski definition) is 2. The molecule has 2 heteroatoms. The maximum absolute atomic E-state index is 3.79. The number of piperazine rings is 1. The number of nitrogens with zero attached hydrogens (tertiary/aromatic N) is 1. The van der Waals surface area contributed by atoms with Crippen LogP contribution in [0.2, 0.25) is 0 Å². The Morgan fingerprint density at radius 3 is 2.39 bits per heavy atom. The minimum absolute atomic E-state index is 0.355. The van der Waals surface area contributed by atoms with Gasteiger partial charge in [0, 0.05) is 31.2 Å². The molecule has 0 amide bonds. The van der Waals surface area contributed by atoms with Gasteiger partial charge in [-0.25, -0.2) is 0 Å². The molecule has 0 aliphatic carbocycles. The van der Waals surface area contributed by atoms with Gasteiger partial charge in [0.25, 0.3) is 0 Å². The summed E-state index contributed by atoms with van der Waals surface area (Å²) in [6, 6.07) is 0.679. The van der Waals surface area contributed by atoms with Crippen molar-refractivity contribution in [1.82, 2.24) is 10.2 Å². The molecule has 0 aromatic rings. The van der Waals surface area contributed by atoms with Crippen molar-refractivity contribution in [3.05, 3.63) is 0 Å². The van der Waals surface area contributed by atoms with Crippen LogP contribution < -0.4 is 5.32 Å². The second-order valence-electron chi connectivity index (χ2n) is 6.64. The molecule has 108 valence electrons. The molecule has 0 aromatic carbocycles. The Morgan fingerprint density at radius 1 is 1.22 bits per heavy atom. The predicted molar refractivity (Wildman–Crippen MR) is 81.0 cm³/mol. The quantitative estimate of drug-likeness (QED) is 0.780. The fourth-order valence-electron chi connectivity index (χ4n) is 2.80. The summed E-state index contributed by atoms with van der Waals surface area (Å²) in [7, 11) is 0. The van der Waals surface area contributed by atoms with E-state index in [0.717, 1.165) is 18.4 Å². The summed E-state index contributed by atoms with van der Waals surface area (Å²) >= 11 is 0. The van der Waals surface area contributed by atoms with Crippen LogP contribution >= 0.6 is 0 Å². The van der Waals surface area contributed by atoms with Gasteiger partial charge in [0.2, 0.25) is 0 Å². The molecule has 4 unspecified atom stereocenters. The molecule has 0 spiro atoms. The second-order valence-corrected chi connectivity index (χ2v) is 6.64. The van der Waals surface area contributed by atoms with Crippen LogP contribution in [-0.4, -0.2) is 36.1 Å². The molecule has 0 aromatic heterocycles. The third-order valence-corrected chi connectivity index (χ3v) is 5.25. The largest absolute Gasteiger partial charge is 0.311 e. The van der Waals surface area contributed by atoms with Crippen molar-refractivity contribution in [2.24, 2.45) is 11.8 Å². The van der Waals surface area contributed by atoms with Gasteiger partial charge in [-0.3, -0.25) is 4.90 Å². The van der Waals surface area contributed by atoms with E-state index in [2.05, 4.69) is 51.8 Å². The average Bonchev–Trinajstić information content (AvgIpc) is 2.40. The van der Waals surface area contributed by atoms with Crippen LogP contribution in [-0.2, 0) is 0 Å². The average molecular weight is 254 g/mol. The van der Waals surface area contributed by atoms with Crippen LogP contribution in [0.3, 0.4) is 0 Å². The van der Waals surface area contributed by atoms with Gasteiger partial charge >= 0.3 is 0 Å². The van der Waals surface area contributed by atoms with Crippen molar-refractivity contribution in [2.45, 2.75) is 72.4 Å². The summed E-state index contributed by atoms with van der Waals surface area (Å²) in [5.74, 6) is 1.59. The molecule has 4 atom stereocenters. The summed E-state index contributed by atoms with van der Waals surface area (Å²) in [4.78, 5) is 2.76. The minimum atomic E-state index is 0.355. The van der Waals surface area contributed by atoms with Crippen molar-refractivity contribution >= 4 is 0 Å². The Labute approximate surface area is 115 Å². The molecule has 1 saturated heterocycles. The van der Waals surface area contributed by atoms with Crippen molar-refractivity contribution < 1.29 is 0 Å². The number of rotatable bonds is 6. The Morgan fingerprint density at radius 2 is 1.89 bits per heavy atom. The highest BCUT2D eigenvalue weighted by atomic mass is 15.3. The molecule has 1 fully saturated rings. The van der Waals surface area contributed by atoms with Crippen LogP contribution in [0.5, 0.6) is 0 Å². The predicted octanol–water partition coefficient (Wildman–Crippen LogP) is 3.52. The molecule has 1 heterocycles. The normalized spacial score (nSPS) is 33.3. The maximum atomic E-state index is 3.79. The van der Waals surface area contributed by atoms with E-state index in [1.165, 1.54) is 32.4 Å². The molecule has 1 N–H and O–H groups in total. The lowest BCUT2D eigenvalue weighted by atomic mass is 9.87. The van der Waals surface area contributed by atoms with E-state index in [1.807, 2.05) is 0 Å². The first kappa shape index (κ1) is 16.0. The Hall–Kier alpha value is -0.0800. The standard InChI is InChI=1S/C16H34N2/c1-7-13(4)10-18-11-15(14(5)8-2)17-12-16(18,6)9-3/h13-15,17H,7-12H2,1-6H3. The first-order valence-corrected chi connectivity index (χ1v) is 7.95. The fourth-order valence-corrected chi connectivity index (χ4v) is 2.80. The molecule has 0 saturated carbocycles. The topological polar surface area (TPSA) is 15.3 Å². The van der Waals surface area contributed by atoms with Gasteiger partial charge in [-0.15, -0.1) is 0 Å². The third kappa shape index (κ3) is 3.71. The van der Waals surface area contributed by atoms with Crippen LogP contribution in [0.4, 0.5) is 0 Å². The Bertz CT molecular complexity index is 241. The number of nitrogens with one attached hydrogen (secondary N) is 1. The van der Waals surface area contributed by atoms with Gasteiger partial charge in [0.05, 0.1) is 0 Å². The van der Waals surface area contributed by atoms with Crippen molar-refractivity contribution in [2.75, 3.05) is 19.6 Å². The summed E-state index contributed by atoms with van der Waals surface area (Å²) in [5.41, 5.74) is 0.355. The molecule has 0 bridgehead atoms. The molecular formula is C16H34N2. The van der Waals surface area contributed by atoms with Crippen LogP contribution in [0.15, 0.2) is 0 Å². The summed E-state index contributed by atoms with van der Waals surface area (Å²) in [5, 5.41) is 3.79. The highest BCUT2D eigenvalue weighted by Gasteiger charge is 2.37. The summed E-state index contributed by atoms with van der Waals surface area (Å²) < 4.78 is 0. The van der Waals surface area contributed by atoms with E-state index in [0.29, 0.717) is 11.6 Å². The van der Waals surface area contributed by atoms with E-state index in [4.69, 9.17) is 0 Å². The van der Waals surface area contributed by atoms with Crippen molar-refractivity contribution in [3.8, 4) is 0 Å². The zero-order valence-corrected chi connectivity index (χ0v) is 13.4. The van der Waals surface area contributed by atoms with E-state index < -0.39 is 0 Å². The summed E-state index contributed by atoms with van der Waals surface area (Å²) in [6.07, 6.45) is 3.80. The fraction of sp³-hybridized carbons (Fsp3) is 1.00. The van der Waals surface area contributed by atoms with Gasteiger partial charge in [0.15, 0.2) is 0 Å². The zero-order valence-electron chi connectivity index (χ0n) is 13.4. The SMILES string of the molecule is CCC(C)CN1CC(C(C)CC)NCC1(C)CC. The molecule has 1 aliphatic rings. The van der Waals surface area contributed by atoms with E-state index in [9.17, 15) is 0 Å². The second kappa shape index (κ2) is 6.91. The monoisotopic (exact) mass is 254 g/mol. The molecule has 2 nitrogen and oxygen atoms in total. The van der Waals surface area contributed by atoms with Crippen LogP contribution in [0, 0.1) is 11.8 Å². The van der Waals surface area contributed by atoms with Gasteiger partial charge < -0.3 is 5.32 Å². The molecule has 1 aliphatic heterocycles. The van der Waals surface area contributed by atoms with E-state index in [1.54, 1.807) is 0 Å². The molecule has 1 rings (SSSR count). The molecule has 18 heavy (non-hydrogen) atoms. The van der Waals surface area contributed by atoms with Gasteiger partial charge in [-0.2, -0.15) is 0 Å². The van der Waals surface area contributed by atoms with Crippen molar-refractivity contribution in [1.29, 1.82) is 0 Å².